The van der Waals surface area contributed by atoms with E-state index >= 15 is 0 Å². The zero-order valence-corrected chi connectivity index (χ0v) is 17.5. The van der Waals surface area contributed by atoms with Crippen LogP contribution >= 0.6 is 0 Å². The smallest absolute Gasteiger partial charge is 0.141 e. The van der Waals surface area contributed by atoms with Crippen molar-refractivity contribution in [3.63, 3.8) is 0 Å². The molecule has 0 fully saturated rings. The molecule has 2 heterocycles. The Morgan fingerprint density at radius 3 is 2.35 bits per heavy atom. The van der Waals surface area contributed by atoms with Crippen LogP contribution in [0.1, 0.15) is 41.6 Å². The van der Waals surface area contributed by atoms with Gasteiger partial charge in [0.2, 0.25) is 0 Å². The van der Waals surface area contributed by atoms with Gasteiger partial charge in [-0.2, -0.15) is 0 Å². The second-order valence-corrected chi connectivity index (χ2v) is 8.25. The molecular formula is C28H27NO2. The van der Waals surface area contributed by atoms with Crippen molar-refractivity contribution in [2.45, 2.75) is 24.9 Å². The summed E-state index contributed by atoms with van der Waals surface area (Å²) in [4.78, 5) is 2.38. The van der Waals surface area contributed by atoms with Crippen LogP contribution in [0.4, 0.5) is 0 Å². The second-order valence-electron chi connectivity index (χ2n) is 8.25. The first-order chi connectivity index (χ1) is 15.3. The average Bonchev–Trinajstić information content (AvgIpc) is 3.50. The fourth-order valence-electron chi connectivity index (χ4n) is 4.63. The summed E-state index contributed by atoms with van der Waals surface area (Å²) in [5, 5.41) is 12.3. The van der Waals surface area contributed by atoms with E-state index in [-0.39, 0.29) is 5.92 Å². The van der Waals surface area contributed by atoms with Crippen LogP contribution < -0.4 is 0 Å². The third-order valence-corrected chi connectivity index (χ3v) is 6.31. The van der Waals surface area contributed by atoms with Crippen LogP contribution in [0.3, 0.4) is 0 Å². The van der Waals surface area contributed by atoms with Gasteiger partial charge in [0.05, 0.1) is 12.4 Å². The highest BCUT2D eigenvalue weighted by Crippen LogP contribution is 2.36. The van der Waals surface area contributed by atoms with Crippen LogP contribution in [0, 0.1) is 0 Å². The largest absolute Gasteiger partial charge is 0.464 e. The molecule has 3 heteroatoms. The predicted octanol–water partition coefficient (Wildman–Crippen LogP) is 6.39. The normalized spacial score (nSPS) is 15.8. The quantitative estimate of drug-likeness (QED) is 0.384. The van der Waals surface area contributed by atoms with Gasteiger partial charge in [-0.1, -0.05) is 78.9 Å². The fourth-order valence-corrected chi connectivity index (χ4v) is 4.63. The zero-order chi connectivity index (χ0) is 21.0. The number of nitrogens with zero attached hydrogens (tertiary/aromatic N) is 1. The number of aliphatic hydroxyl groups excluding tert-OH is 1. The Morgan fingerprint density at radius 2 is 1.58 bits per heavy atom. The molecular weight excluding hydrogens is 382 g/mol. The van der Waals surface area contributed by atoms with Crippen molar-refractivity contribution in [1.29, 1.82) is 0 Å². The number of rotatable bonds is 7. The Hall–Kier alpha value is -3.30. The molecule has 1 aromatic heterocycles. The molecule has 0 amide bonds. The molecule has 3 nitrogen and oxygen atoms in total. The molecule has 3 aromatic carbocycles. The molecule has 5 rings (SSSR count). The van der Waals surface area contributed by atoms with Crippen LogP contribution in [0.2, 0.25) is 0 Å². The van der Waals surface area contributed by atoms with E-state index in [1.807, 2.05) is 42.5 Å². The molecule has 0 saturated carbocycles. The van der Waals surface area contributed by atoms with Crippen LogP contribution in [0.5, 0.6) is 0 Å². The van der Waals surface area contributed by atoms with Gasteiger partial charge in [-0.25, -0.2) is 0 Å². The van der Waals surface area contributed by atoms with Crippen molar-refractivity contribution in [2.75, 3.05) is 13.1 Å². The minimum absolute atomic E-state index is 0.0505. The minimum atomic E-state index is -0.522. The Bertz CT molecular complexity index is 1160. The molecule has 0 bridgehead atoms. The maximum Gasteiger partial charge on any atom is 0.141 e. The summed E-state index contributed by atoms with van der Waals surface area (Å²) in [6, 6.07) is 28.7. The highest BCUT2D eigenvalue weighted by Gasteiger charge is 2.24. The Morgan fingerprint density at radius 1 is 0.839 bits per heavy atom. The van der Waals surface area contributed by atoms with Crippen molar-refractivity contribution < 1.29 is 9.52 Å². The summed E-state index contributed by atoms with van der Waals surface area (Å²) in [5.41, 5.74) is 5.63. The molecule has 1 aliphatic heterocycles. The molecule has 1 aliphatic rings. The minimum Gasteiger partial charge on any atom is -0.464 e. The highest BCUT2D eigenvalue weighted by molar-refractivity contribution is 5.90. The lowest BCUT2D eigenvalue weighted by molar-refractivity contribution is 0.135. The predicted molar refractivity (Wildman–Crippen MR) is 126 cm³/mol. The SMILES string of the molecule is OC(c1ccccc1)C(CCN1C=C(c2cccc3ccoc23)CC1)c1ccccc1. The van der Waals surface area contributed by atoms with Gasteiger partial charge in [-0.15, -0.1) is 0 Å². The average molecular weight is 410 g/mol. The van der Waals surface area contributed by atoms with Crippen molar-refractivity contribution in [3.8, 4) is 0 Å². The Balaban J connectivity index is 1.34. The molecule has 1 N–H and O–H groups in total. The molecule has 0 spiro atoms. The molecule has 0 radical (unpaired) electrons. The lowest BCUT2D eigenvalue weighted by atomic mass is 9.86. The van der Waals surface area contributed by atoms with E-state index in [1.54, 1.807) is 6.26 Å². The highest BCUT2D eigenvalue weighted by atomic mass is 16.3. The number of benzene rings is 3. The number of fused-ring (bicyclic) bond motifs is 1. The molecule has 156 valence electrons. The van der Waals surface area contributed by atoms with Crippen molar-refractivity contribution in [2.24, 2.45) is 0 Å². The van der Waals surface area contributed by atoms with Crippen molar-refractivity contribution in [1.82, 2.24) is 4.90 Å². The Kier molecular flexibility index (Phi) is 5.59. The van der Waals surface area contributed by atoms with Gasteiger partial charge in [-0.05, 0) is 35.6 Å². The van der Waals surface area contributed by atoms with Crippen LogP contribution in [0.15, 0.2) is 102 Å². The van der Waals surface area contributed by atoms with Gasteiger partial charge in [0.15, 0.2) is 0 Å². The lowest BCUT2D eigenvalue weighted by Gasteiger charge is -2.26. The number of hydrogen-bond donors (Lipinski definition) is 1. The van der Waals surface area contributed by atoms with E-state index < -0.39 is 6.10 Å². The second kappa shape index (κ2) is 8.83. The van der Waals surface area contributed by atoms with Crippen LogP contribution in [0.25, 0.3) is 16.5 Å². The first kappa shape index (κ1) is 19.7. The maximum absolute atomic E-state index is 11.2. The van der Waals surface area contributed by atoms with E-state index in [9.17, 15) is 5.11 Å². The number of para-hydroxylation sites is 1. The van der Waals surface area contributed by atoms with E-state index in [1.165, 1.54) is 16.7 Å². The third kappa shape index (κ3) is 4.14. The summed E-state index contributed by atoms with van der Waals surface area (Å²) in [5.74, 6) is 0.0505. The summed E-state index contributed by atoms with van der Waals surface area (Å²) in [7, 11) is 0. The van der Waals surface area contributed by atoms with Gasteiger partial charge >= 0.3 is 0 Å². The summed E-state index contributed by atoms with van der Waals surface area (Å²) in [6.45, 7) is 1.90. The van der Waals surface area contributed by atoms with Gasteiger partial charge in [0.1, 0.15) is 5.58 Å². The standard InChI is InChI=1S/C28H27NO2/c30-27(22-10-5-2-6-11-22)25(21-8-3-1-4-9-21)15-18-29-17-14-24(20-29)26-13-7-12-23-16-19-31-28(23)26/h1-13,16,19-20,25,27,30H,14-15,17-18H2. The first-order valence-corrected chi connectivity index (χ1v) is 11.0. The number of aliphatic hydroxyl groups is 1. The molecule has 0 aliphatic carbocycles. The third-order valence-electron chi connectivity index (χ3n) is 6.31. The monoisotopic (exact) mass is 409 g/mol. The number of hydrogen-bond acceptors (Lipinski definition) is 3. The van der Waals surface area contributed by atoms with Crippen LogP contribution in [-0.2, 0) is 0 Å². The fraction of sp³-hybridized carbons (Fsp3) is 0.214. The topological polar surface area (TPSA) is 36.6 Å². The summed E-state index contributed by atoms with van der Waals surface area (Å²) < 4.78 is 5.74. The van der Waals surface area contributed by atoms with E-state index in [2.05, 4.69) is 53.6 Å². The zero-order valence-electron chi connectivity index (χ0n) is 17.5. The van der Waals surface area contributed by atoms with Crippen LogP contribution in [-0.4, -0.2) is 23.1 Å². The van der Waals surface area contributed by atoms with E-state index in [0.29, 0.717) is 0 Å². The molecule has 2 atom stereocenters. The number of furan rings is 1. The Labute approximate surface area is 183 Å². The molecule has 4 aromatic rings. The van der Waals surface area contributed by atoms with Gasteiger partial charge in [0, 0.05) is 36.2 Å². The molecule has 31 heavy (non-hydrogen) atoms. The van der Waals surface area contributed by atoms with E-state index in [4.69, 9.17) is 4.42 Å². The lowest BCUT2D eigenvalue weighted by Crippen LogP contribution is -2.21. The van der Waals surface area contributed by atoms with Crippen molar-refractivity contribution >= 4 is 16.5 Å². The molecule has 0 saturated heterocycles. The van der Waals surface area contributed by atoms with Gasteiger partial charge in [0.25, 0.3) is 0 Å². The van der Waals surface area contributed by atoms with Crippen molar-refractivity contribution in [3.05, 3.63) is 114 Å². The summed E-state index contributed by atoms with van der Waals surface area (Å²) in [6.07, 6.45) is 5.41. The molecule has 2 unspecified atom stereocenters. The van der Waals surface area contributed by atoms with Gasteiger partial charge in [-0.3, -0.25) is 0 Å². The summed E-state index contributed by atoms with van der Waals surface area (Å²) >= 11 is 0. The van der Waals surface area contributed by atoms with E-state index in [0.717, 1.165) is 42.5 Å². The maximum atomic E-state index is 11.2. The first-order valence-electron chi connectivity index (χ1n) is 11.0. The van der Waals surface area contributed by atoms with Gasteiger partial charge < -0.3 is 14.4 Å².